The summed E-state index contributed by atoms with van der Waals surface area (Å²) in [5.41, 5.74) is 0.732. The van der Waals surface area contributed by atoms with Crippen molar-refractivity contribution in [2.45, 2.75) is 32.1 Å². The summed E-state index contributed by atoms with van der Waals surface area (Å²) in [6.45, 7) is 5.98. The lowest BCUT2D eigenvalue weighted by molar-refractivity contribution is -0.116. The van der Waals surface area contributed by atoms with Gasteiger partial charge in [-0.25, -0.2) is 8.42 Å². The van der Waals surface area contributed by atoms with Crippen molar-refractivity contribution in [2.24, 2.45) is 0 Å². The van der Waals surface area contributed by atoms with Crippen molar-refractivity contribution in [3.05, 3.63) is 29.8 Å². The molecule has 0 N–H and O–H groups in total. The van der Waals surface area contributed by atoms with E-state index in [4.69, 9.17) is 0 Å². The van der Waals surface area contributed by atoms with Crippen LogP contribution in [0.15, 0.2) is 29.2 Å². The standard InChI is InChI=1S/C13H19NO3S/c1-4-14(5-2)18(16,17)13-8-6-7-12(10-13)9-11(3)15/h6-8,10H,4-5,9H2,1-3H3. The predicted molar refractivity (Wildman–Crippen MR) is 70.9 cm³/mol. The summed E-state index contributed by atoms with van der Waals surface area (Å²) in [6, 6.07) is 6.59. The molecular weight excluding hydrogens is 250 g/mol. The van der Waals surface area contributed by atoms with Crippen LogP contribution in [-0.4, -0.2) is 31.6 Å². The van der Waals surface area contributed by atoms with Crippen molar-refractivity contribution < 1.29 is 13.2 Å². The number of carbonyl (C=O) groups is 1. The van der Waals surface area contributed by atoms with E-state index in [1.54, 1.807) is 38.1 Å². The molecular formula is C13H19NO3S. The van der Waals surface area contributed by atoms with Crippen molar-refractivity contribution in [3.63, 3.8) is 0 Å². The van der Waals surface area contributed by atoms with E-state index in [0.29, 0.717) is 13.1 Å². The Balaban J connectivity index is 3.13. The molecule has 0 fully saturated rings. The molecule has 4 nitrogen and oxygen atoms in total. The zero-order chi connectivity index (χ0) is 13.8. The third kappa shape index (κ3) is 3.40. The van der Waals surface area contributed by atoms with Crippen LogP contribution in [0.2, 0.25) is 0 Å². The van der Waals surface area contributed by atoms with E-state index in [2.05, 4.69) is 0 Å². The van der Waals surface area contributed by atoms with Crippen LogP contribution in [-0.2, 0) is 21.2 Å². The van der Waals surface area contributed by atoms with Crippen LogP contribution in [0, 0.1) is 0 Å². The molecule has 0 saturated heterocycles. The Morgan fingerprint density at radius 2 is 1.83 bits per heavy atom. The Kier molecular flexibility index (Phi) is 5.04. The van der Waals surface area contributed by atoms with Gasteiger partial charge in [0.25, 0.3) is 0 Å². The quantitative estimate of drug-likeness (QED) is 0.792. The highest BCUT2D eigenvalue weighted by Gasteiger charge is 2.21. The molecule has 0 amide bonds. The van der Waals surface area contributed by atoms with Crippen LogP contribution in [0.25, 0.3) is 0 Å². The van der Waals surface area contributed by atoms with Crippen molar-refractivity contribution >= 4 is 15.8 Å². The number of ketones is 1. The van der Waals surface area contributed by atoms with E-state index in [-0.39, 0.29) is 17.1 Å². The monoisotopic (exact) mass is 269 g/mol. The molecule has 0 aromatic heterocycles. The summed E-state index contributed by atoms with van der Waals surface area (Å²) in [5, 5.41) is 0. The number of Topliss-reactive ketones (excluding diaryl/α,β-unsaturated/α-hetero) is 1. The van der Waals surface area contributed by atoms with Gasteiger partial charge in [0, 0.05) is 19.5 Å². The fraction of sp³-hybridized carbons (Fsp3) is 0.462. The van der Waals surface area contributed by atoms with Gasteiger partial charge in [0.05, 0.1) is 4.90 Å². The average Bonchev–Trinajstić information content (AvgIpc) is 2.29. The van der Waals surface area contributed by atoms with E-state index in [0.717, 1.165) is 5.56 Å². The molecule has 0 aliphatic carbocycles. The van der Waals surface area contributed by atoms with Crippen LogP contribution < -0.4 is 0 Å². The summed E-state index contributed by atoms with van der Waals surface area (Å²) < 4.78 is 25.9. The number of benzene rings is 1. The molecule has 1 aromatic rings. The average molecular weight is 269 g/mol. The summed E-state index contributed by atoms with van der Waals surface area (Å²) in [6.07, 6.45) is 0.265. The Morgan fingerprint density at radius 3 is 2.33 bits per heavy atom. The van der Waals surface area contributed by atoms with Crippen LogP contribution in [0.4, 0.5) is 0 Å². The van der Waals surface area contributed by atoms with Crippen LogP contribution in [0.1, 0.15) is 26.3 Å². The third-order valence-electron chi connectivity index (χ3n) is 2.69. The molecule has 0 atom stereocenters. The molecule has 0 bridgehead atoms. The van der Waals surface area contributed by atoms with E-state index < -0.39 is 10.0 Å². The van der Waals surface area contributed by atoms with Crippen molar-refractivity contribution in [3.8, 4) is 0 Å². The highest BCUT2D eigenvalue weighted by Crippen LogP contribution is 2.17. The highest BCUT2D eigenvalue weighted by molar-refractivity contribution is 7.89. The minimum atomic E-state index is -3.44. The molecule has 0 aliphatic rings. The molecule has 0 aliphatic heterocycles. The first-order valence-electron chi connectivity index (χ1n) is 6.00. The van der Waals surface area contributed by atoms with E-state index >= 15 is 0 Å². The number of sulfonamides is 1. The maximum Gasteiger partial charge on any atom is 0.243 e. The van der Waals surface area contributed by atoms with Gasteiger partial charge in [0.2, 0.25) is 10.0 Å². The number of hydrogen-bond acceptors (Lipinski definition) is 3. The van der Waals surface area contributed by atoms with Gasteiger partial charge in [-0.3, -0.25) is 4.79 Å². The largest absolute Gasteiger partial charge is 0.300 e. The minimum absolute atomic E-state index is 0.0207. The lowest BCUT2D eigenvalue weighted by Gasteiger charge is -2.18. The lowest BCUT2D eigenvalue weighted by atomic mass is 10.1. The zero-order valence-electron chi connectivity index (χ0n) is 11.0. The van der Waals surface area contributed by atoms with Crippen LogP contribution in [0.3, 0.4) is 0 Å². The smallest absolute Gasteiger partial charge is 0.243 e. The van der Waals surface area contributed by atoms with Gasteiger partial charge in [0.15, 0.2) is 0 Å². The van der Waals surface area contributed by atoms with Gasteiger partial charge in [-0.05, 0) is 24.6 Å². The number of carbonyl (C=O) groups excluding carboxylic acids is 1. The summed E-state index contributed by atoms with van der Waals surface area (Å²) in [7, 11) is -3.44. The Bertz CT molecular complexity index is 519. The molecule has 0 radical (unpaired) electrons. The molecule has 1 aromatic carbocycles. The maximum absolute atomic E-state index is 12.3. The Hall–Kier alpha value is -1.20. The van der Waals surface area contributed by atoms with Crippen LogP contribution >= 0.6 is 0 Å². The third-order valence-corrected chi connectivity index (χ3v) is 4.74. The second kappa shape index (κ2) is 6.11. The molecule has 5 heteroatoms. The summed E-state index contributed by atoms with van der Waals surface area (Å²) >= 11 is 0. The van der Waals surface area contributed by atoms with Crippen molar-refractivity contribution in [1.29, 1.82) is 0 Å². The van der Waals surface area contributed by atoms with E-state index in [1.165, 1.54) is 11.2 Å². The Morgan fingerprint density at radius 1 is 1.22 bits per heavy atom. The molecule has 0 heterocycles. The molecule has 0 unspecified atom stereocenters. The molecule has 0 saturated carbocycles. The number of hydrogen-bond donors (Lipinski definition) is 0. The first-order valence-corrected chi connectivity index (χ1v) is 7.44. The van der Waals surface area contributed by atoms with E-state index in [9.17, 15) is 13.2 Å². The van der Waals surface area contributed by atoms with Crippen molar-refractivity contribution in [2.75, 3.05) is 13.1 Å². The number of nitrogens with zero attached hydrogens (tertiary/aromatic N) is 1. The SMILES string of the molecule is CCN(CC)S(=O)(=O)c1cccc(CC(C)=O)c1. The fourth-order valence-electron chi connectivity index (χ4n) is 1.82. The normalized spacial score (nSPS) is 11.8. The summed E-state index contributed by atoms with van der Waals surface area (Å²) in [5.74, 6) is 0.0207. The highest BCUT2D eigenvalue weighted by atomic mass is 32.2. The minimum Gasteiger partial charge on any atom is -0.300 e. The second-order valence-corrected chi connectivity index (χ2v) is 6.05. The summed E-state index contributed by atoms with van der Waals surface area (Å²) in [4.78, 5) is 11.3. The van der Waals surface area contributed by atoms with Crippen LogP contribution in [0.5, 0.6) is 0 Å². The molecule has 1 rings (SSSR count). The van der Waals surface area contributed by atoms with Gasteiger partial charge in [0.1, 0.15) is 5.78 Å². The zero-order valence-corrected chi connectivity index (χ0v) is 11.8. The Labute approximate surface area is 109 Å². The number of rotatable bonds is 6. The van der Waals surface area contributed by atoms with Gasteiger partial charge >= 0.3 is 0 Å². The van der Waals surface area contributed by atoms with Gasteiger partial charge in [-0.1, -0.05) is 26.0 Å². The first kappa shape index (κ1) is 14.9. The van der Waals surface area contributed by atoms with Gasteiger partial charge < -0.3 is 0 Å². The van der Waals surface area contributed by atoms with E-state index in [1.807, 2.05) is 0 Å². The second-order valence-electron chi connectivity index (χ2n) is 4.12. The van der Waals surface area contributed by atoms with Gasteiger partial charge in [-0.15, -0.1) is 0 Å². The topological polar surface area (TPSA) is 54.5 Å². The molecule has 18 heavy (non-hydrogen) atoms. The van der Waals surface area contributed by atoms with Crippen molar-refractivity contribution in [1.82, 2.24) is 4.31 Å². The molecule has 0 spiro atoms. The first-order chi connectivity index (χ1) is 8.41. The fourth-order valence-corrected chi connectivity index (χ4v) is 3.34. The molecule has 100 valence electrons. The van der Waals surface area contributed by atoms with Gasteiger partial charge in [-0.2, -0.15) is 4.31 Å². The lowest BCUT2D eigenvalue weighted by Crippen LogP contribution is -2.30. The maximum atomic E-state index is 12.3. The predicted octanol–water partition coefficient (Wildman–Crippen LogP) is 1.85.